The number of hydrogen-bond acceptors (Lipinski definition) is 4. The molecule has 0 aromatic heterocycles. The standard InChI is InChI=1S/C21H26N2O4/c1-5-19(27-17-8-6-7-14(2)10-17)21(25)23-22-20(24)13-26-18-11-15(3)9-16(4)12-18/h6-12,19H,5,13H2,1-4H3,(H,22,24)(H,23,25). The lowest BCUT2D eigenvalue weighted by Crippen LogP contribution is -2.49. The molecule has 2 N–H and O–H groups in total. The summed E-state index contributed by atoms with van der Waals surface area (Å²) >= 11 is 0. The van der Waals surface area contributed by atoms with Gasteiger partial charge in [0, 0.05) is 0 Å². The zero-order valence-electron chi connectivity index (χ0n) is 16.2. The van der Waals surface area contributed by atoms with Gasteiger partial charge < -0.3 is 9.47 Å². The minimum atomic E-state index is -0.701. The van der Waals surface area contributed by atoms with Crippen molar-refractivity contribution in [3.8, 4) is 11.5 Å². The van der Waals surface area contributed by atoms with Crippen LogP contribution in [0.15, 0.2) is 42.5 Å². The summed E-state index contributed by atoms with van der Waals surface area (Å²) in [5, 5.41) is 0. The lowest BCUT2D eigenvalue weighted by atomic mass is 10.1. The molecule has 2 aromatic carbocycles. The number of aryl methyl sites for hydroxylation is 3. The highest BCUT2D eigenvalue weighted by atomic mass is 16.5. The van der Waals surface area contributed by atoms with Gasteiger partial charge in [0.05, 0.1) is 0 Å². The van der Waals surface area contributed by atoms with E-state index in [1.54, 1.807) is 6.07 Å². The quantitative estimate of drug-likeness (QED) is 0.735. The van der Waals surface area contributed by atoms with E-state index in [-0.39, 0.29) is 6.61 Å². The molecule has 0 aliphatic carbocycles. The van der Waals surface area contributed by atoms with Gasteiger partial charge in [-0.2, -0.15) is 0 Å². The van der Waals surface area contributed by atoms with Crippen molar-refractivity contribution < 1.29 is 19.1 Å². The Morgan fingerprint density at radius 3 is 2.22 bits per heavy atom. The second-order valence-electron chi connectivity index (χ2n) is 6.48. The molecule has 2 amide bonds. The molecule has 6 nitrogen and oxygen atoms in total. The lowest BCUT2D eigenvalue weighted by Gasteiger charge is -2.18. The summed E-state index contributed by atoms with van der Waals surface area (Å²) in [7, 11) is 0. The maximum Gasteiger partial charge on any atom is 0.279 e. The Hall–Kier alpha value is -3.02. The fourth-order valence-corrected chi connectivity index (χ4v) is 2.59. The van der Waals surface area contributed by atoms with Crippen molar-refractivity contribution in [2.24, 2.45) is 0 Å². The monoisotopic (exact) mass is 370 g/mol. The van der Waals surface area contributed by atoms with Crippen LogP contribution in [0.2, 0.25) is 0 Å². The molecular formula is C21H26N2O4. The minimum absolute atomic E-state index is 0.196. The van der Waals surface area contributed by atoms with Gasteiger partial charge in [-0.3, -0.25) is 20.4 Å². The van der Waals surface area contributed by atoms with Crippen LogP contribution >= 0.6 is 0 Å². The van der Waals surface area contributed by atoms with Gasteiger partial charge in [-0.15, -0.1) is 0 Å². The Labute approximate surface area is 159 Å². The molecule has 27 heavy (non-hydrogen) atoms. The van der Waals surface area contributed by atoms with Crippen molar-refractivity contribution >= 4 is 11.8 Å². The Bertz CT molecular complexity index is 784. The zero-order chi connectivity index (χ0) is 19.8. The third-order valence-electron chi connectivity index (χ3n) is 3.82. The summed E-state index contributed by atoms with van der Waals surface area (Å²) in [6, 6.07) is 13.2. The van der Waals surface area contributed by atoms with Gasteiger partial charge in [-0.1, -0.05) is 25.1 Å². The van der Waals surface area contributed by atoms with Crippen LogP contribution in [0.25, 0.3) is 0 Å². The van der Waals surface area contributed by atoms with E-state index in [9.17, 15) is 9.59 Å². The molecule has 0 aliphatic rings. The molecule has 0 radical (unpaired) electrons. The second-order valence-corrected chi connectivity index (χ2v) is 6.48. The Morgan fingerprint density at radius 2 is 1.59 bits per heavy atom. The van der Waals surface area contributed by atoms with Crippen molar-refractivity contribution in [3.63, 3.8) is 0 Å². The van der Waals surface area contributed by atoms with Crippen LogP contribution in [0.5, 0.6) is 11.5 Å². The fraction of sp³-hybridized carbons (Fsp3) is 0.333. The summed E-state index contributed by atoms with van der Waals surface area (Å²) in [4.78, 5) is 24.2. The van der Waals surface area contributed by atoms with Crippen LogP contribution in [0.4, 0.5) is 0 Å². The van der Waals surface area contributed by atoms with Crippen molar-refractivity contribution in [3.05, 3.63) is 59.2 Å². The highest BCUT2D eigenvalue weighted by molar-refractivity contribution is 5.85. The van der Waals surface area contributed by atoms with E-state index in [1.165, 1.54) is 0 Å². The van der Waals surface area contributed by atoms with Crippen LogP contribution < -0.4 is 20.3 Å². The summed E-state index contributed by atoms with van der Waals surface area (Å²) in [6.07, 6.45) is -0.234. The molecule has 2 rings (SSSR count). The number of carbonyl (C=O) groups excluding carboxylic acids is 2. The van der Waals surface area contributed by atoms with Gasteiger partial charge in [-0.05, 0) is 68.1 Å². The number of carbonyl (C=O) groups is 2. The first kappa shape index (κ1) is 20.3. The fourth-order valence-electron chi connectivity index (χ4n) is 2.59. The Kier molecular flexibility index (Phi) is 7.23. The van der Waals surface area contributed by atoms with E-state index in [0.717, 1.165) is 16.7 Å². The maximum absolute atomic E-state index is 12.2. The predicted molar refractivity (Wildman–Crippen MR) is 104 cm³/mol. The van der Waals surface area contributed by atoms with E-state index < -0.39 is 17.9 Å². The molecule has 6 heteroatoms. The third kappa shape index (κ3) is 6.66. The molecular weight excluding hydrogens is 344 g/mol. The van der Waals surface area contributed by atoms with E-state index in [2.05, 4.69) is 10.9 Å². The molecule has 0 spiro atoms. The number of ether oxygens (including phenoxy) is 2. The van der Waals surface area contributed by atoms with Crippen molar-refractivity contribution in [2.75, 3.05) is 6.61 Å². The van der Waals surface area contributed by atoms with Crippen LogP contribution in [0.1, 0.15) is 30.0 Å². The van der Waals surface area contributed by atoms with E-state index >= 15 is 0 Å². The molecule has 144 valence electrons. The number of amides is 2. The summed E-state index contributed by atoms with van der Waals surface area (Å²) in [5.41, 5.74) is 7.88. The van der Waals surface area contributed by atoms with Crippen LogP contribution in [0.3, 0.4) is 0 Å². The molecule has 0 bridgehead atoms. The van der Waals surface area contributed by atoms with E-state index in [0.29, 0.717) is 17.9 Å². The number of rotatable bonds is 7. The number of hydrogen-bond donors (Lipinski definition) is 2. The Morgan fingerprint density at radius 1 is 0.926 bits per heavy atom. The van der Waals surface area contributed by atoms with Crippen molar-refractivity contribution in [2.45, 2.75) is 40.2 Å². The van der Waals surface area contributed by atoms with Crippen molar-refractivity contribution in [1.29, 1.82) is 0 Å². The molecule has 1 unspecified atom stereocenters. The smallest absolute Gasteiger partial charge is 0.279 e. The molecule has 0 heterocycles. The predicted octanol–water partition coefficient (Wildman–Crippen LogP) is 3.00. The normalized spacial score (nSPS) is 11.4. The zero-order valence-corrected chi connectivity index (χ0v) is 16.2. The lowest BCUT2D eigenvalue weighted by molar-refractivity contribution is -0.134. The Balaban J connectivity index is 1.81. The average Bonchev–Trinajstić information content (AvgIpc) is 2.61. The second kappa shape index (κ2) is 9.62. The summed E-state index contributed by atoms with van der Waals surface area (Å²) in [5.74, 6) is 0.358. The van der Waals surface area contributed by atoms with Crippen LogP contribution in [0, 0.1) is 20.8 Å². The van der Waals surface area contributed by atoms with E-state index in [1.807, 2.05) is 64.1 Å². The first-order chi connectivity index (χ1) is 12.9. The van der Waals surface area contributed by atoms with Gasteiger partial charge in [0.1, 0.15) is 11.5 Å². The molecule has 2 aromatic rings. The van der Waals surface area contributed by atoms with Gasteiger partial charge in [0.2, 0.25) is 0 Å². The maximum atomic E-state index is 12.2. The van der Waals surface area contributed by atoms with Gasteiger partial charge >= 0.3 is 0 Å². The van der Waals surface area contributed by atoms with Crippen LogP contribution in [-0.2, 0) is 9.59 Å². The minimum Gasteiger partial charge on any atom is -0.484 e. The molecule has 1 atom stereocenters. The highest BCUT2D eigenvalue weighted by Crippen LogP contribution is 2.16. The summed E-state index contributed by atoms with van der Waals surface area (Å²) in [6.45, 7) is 7.51. The van der Waals surface area contributed by atoms with Crippen molar-refractivity contribution in [1.82, 2.24) is 10.9 Å². The van der Waals surface area contributed by atoms with Gasteiger partial charge in [-0.25, -0.2) is 0 Å². The topological polar surface area (TPSA) is 76.7 Å². The van der Waals surface area contributed by atoms with E-state index in [4.69, 9.17) is 9.47 Å². The molecule has 0 saturated carbocycles. The third-order valence-corrected chi connectivity index (χ3v) is 3.82. The molecule has 0 saturated heterocycles. The highest BCUT2D eigenvalue weighted by Gasteiger charge is 2.19. The molecule has 0 fully saturated rings. The average molecular weight is 370 g/mol. The van der Waals surface area contributed by atoms with Crippen LogP contribution in [-0.4, -0.2) is 24.5 Å². The first-order valence-corrected chi connectivity index (χ1v) is 8.90. The first-order valence-electron chi connectivity index (χ1n) is 8.90. The summed E-state index contributed by atoms with van der Waals surface area (Å²) < 4.78 is 11.2. The van der Waals surface area contributed by atoms with Gasteiger partial charge in [0.25, 0.3) is 11.8 Å². The SMILES string of the molecule is CCC(Oc1cccc(C)c1)C(=O)NNC(=O)COc1cc(C)cc(C)c1. The number of hydrazine groups is 1. The van der Waals surface area contributed by atoms with Gasteiger partial charge in [0.15, 0.2) is 12.7 Å². The largest absolute Gasteiger partial charge is 0.484 e. The molecule has 0 aliphatic heterocycles. The number of benzene rings is 2. The number of nitrogens with one attached hydrogen (secondary N) is 2.